The topological polar surface area (TPSA) is 50.7 Å². The lowest BCUT2D eigenvalue weighted by Crippen LogP contribution is -2.12. The third-order valence-electron chi connectivity index (χ3n) is 3.83. The number of nitrogens with zero attached hydrogens (tertiary/aromatic N) is 3. The smallest absolute Gasteiger partial charge is 0.266 e. The van der Waals surface area contributed by atoms with Gasteiger partial charge in [0.15, 0.2) is 0 Å². The van der Waals surface area contributed by atoms with E-state index in [4.69, 9.17) is 11.6 Å². The van der Waals surface area contributed by atoms with Gasteiger partial charge in [-0.2, -0.15) is 0 Å². The van der Waals surface area contributed by atoms with Gasteiger partial charge in [0.2, 0.25) is 0 Å². The summed E-state index contributed by atoms with van der Waals surface area (Å²) in [4.78, 5) is 12.7. The van der Waals surface area contributed by atoms with Gasteiger partial charge in [-0.3, -0.25) is 0 Å². The number of aromatic nitrogens is 3. The lowest BCUT2D eigenvalue weighted by molar-refractivity contribution is 0.146. The van der Waals surface area contributed by atoms with Crippen molar-refractivity contribution in [1.82, 2.24) is 15.0 Å². The van der Waals surface area contributed by atoms with Crippen molar-refractivity contribution in [1.29, 1.82) is 0 Å². The summed E-state index contributed by atoms with van der Waals surface area (Å²) in [7, 11) is 0. The summed E-state index contributed by atoms with van der Waals surface area (Å²) in [5.41, 5.74) is 0.0275. The van der Waals surface area contributed by atoms with Gasteiger partial charge < -0.3 is 5.32 Å². The van der Waals surface area contributed by atoms with E-state index in [0.717, 1.165) is 6.07 Å². The van der Waals surface area contributed by atoms with E-state index in [0.29, 0.717) is 27.1 Å². The van der Waals surface area contributed by atoms with E-state index < -0.39 is 23.8 Å². The molecule has 0 radical (unpaired) electrons. The second-order valence-electron chi connectivity index (χ2n) is 5.67. The second-order valence-corrected chi connectivity index (χ2v) is 6.81. The Balaban J connectivity index is 2.06. The van der Waals surface area contributed by atoms with Crippen LogP contribution in [0.25, 0.3) is 10.9 Å². The lowest BCUT2D eigenvalue weighted by atomic mass is 10.0. The first-order chi connectivity index (χ1) is 12.3. The molecule has 0 bridgehead atoms. The van der Waals surface area contributed by atoms with E-state index >= 15 is 0 Å². The van der Waals surface area contributed by atoms with Gasteiger partial charge >= 0.3 is 0 Å². The van der Waals surface area contributed by atoms with Crippen LogP contribution in [0, 0.1) is 12.7 Å². The van der Waals surface area contributed by atoms with E-state index in [9.17, 15) is 13.2 Å². The molecule has 0 fully saturated rings. The van der Waals surface area contributed by atoms with E-state index in [1.165, 1.54) is 12.1 Å². The van der Waals surface area contributed by atoms with Gasteiger partial charge in [-0.15, -0.1) is 0 Å². The minimum atomic E-state index is -2.88. The standard InChI is InChI=1S/C17H13BrClF3N4/c1-7(9-4-3-5-10(13(9)20)16(21)22)23-17-11-6-12(19)26-15(18)14(11)24-8(2)25-17/h3-7,16H,1-2H3,(H,23,24,25)/t7-/m1/s1. The van der Waals surface area contributed by atoms with Crippen LogP contribution in [0.5, 0.6) is 0 Å². The molecule has 2 heterocycles. The van der Waals surface area contributed by atoms with Crippen LogP contribution in [-0.4, -0.2) is 15.0 Å². The highest BCUT2D eigenvalue weighted by Gasteiger charge is 2.20. The summed E-state index contributed by atoms with van der Waals surface area (Å²) < 4.78 is 40.7. The summed E-state index contributed by atoms with van der Waals surface area (Å²) in [6.07, 6.45) is -2.88. The summed E-state index contributed by atoms with van der Waals surface area (Å²) in [5.74, 6) is -0.0517. The van der Waals surface area contributed by atoms with Crippen LogP contribution >= 0.6 is 27.5 Å². The minimum Gasteiger partial charge on any atom is -0.363 e. The molecule has 0 spiro atoms. The largest absolute Gasteiger partial charge is 0.363 e. The first kappa shape index (κ1) is 18.8. The second kappa shape index (κ2) is 7.36. The maximum absolute atomic E-state index is 14.4. The quantitative estimate of drug-likeness (QED) is 0.501. The Morgan fingerprint density at radius 2 is 1.85 bits per heavy atom. The first-order valence-corrected chi connectivity index (χ1v) is 8.78. The minimum absolute atomic E-state index is 0.117. The molecule has 2 aromatic heterocycles. The zero-order valence-corrected chi connectivity index (χ0v) is 16.0. The third-order valence-corrected chi connectivity index (χ3v) is 4.58. The number of nitrogens with one attached hydrogen (secondary N) is 1. The van der Waals surface area contributed by atoms with Gasteiger partial charge in [0.25, 0.3) is 6.43 Å². The van der Waals surface area contributed by atoms with Gasteiger partial charge in [0.05, 0.1) is 11.6 Å². The van der Waals surface area contributed by atoms with Crippen molar-refractivity contribution in [2.45, 2.75) is 26.3 Å². The van der Waals surface area contributed by atoms with Crippen LogP contribution < -0.4 is 5.32 Å². The van der Waals surface area contributed by atoms with Crippen molar-refractivity contribution in [3.8, 4) is 0 Å². The Bertz CT molecular complexity index is 984. The average Bonchev–Trinajstić information content (AvgIpc) is 2.55. The van der Waals surface area contributed by atoms with Crippen LogP contribution in [0.2, 0.25) is 5.15 Å². The maximum atomic E-state index is 14.4. The van der Waals surface area contributed by atoms with E-state index in [-0.39, 0.29) is 10.7 Å². The number of pyridine rings is 1. The molecule has 1 N–H and O–H groups in total. The molecular formula is C17H13BrClF3N4. The molecule has 0 saturated heterocycles. The molecule has 0 unspecified atom stereocenters. The lowest BCUT2D eigenvalue weighted by Gasteiger charge is -2.18. The number of halogens is 5. The predicted octanol–water partition coefficient (Wildman–Crippen LogP) is 6.00. The summed E-state index contributed by atoms with van der Waals surface area (Å²) in [6.45, 7) is 3.36. The molecule has 9 heteroatoms. The van der Waals surface area contributed by atoms with Crippen molar-refractivity contribution in [2.75, 3.05) is 5.32 Å². The van der Waals surface area contributed by atoms with Crippen LogP contribution in [0.3, 0.4) is 0 Å². The Hall–Kier alpha value is -1.93. The Labute approximate surface area is 161 Å². The molecule has 136 valence electrons. The summed E-state index contributed by atoms with van der Waals surface area (Å²) >= 11 is 9.31. The van der Waals surface area contributed by atoms with Crippen molar-refractivity contribution in [3.63, 3.8) is 0 Å². The van der Waals surface area contributed by atoms with Crippen LogP contribution in [0.4, 0.5) is 19.0 Å². The molecular weight excluding hydrogens is 433 g/mol. The van der Waals surface area contributed by atoms with Crippen LogP contribution in [-0.2, 0) is 0 Å². The molecule has 0 aliphatic heterocycles. The van der Waals surface area contributed by atoms with Gasteiger partial charge in [-0.25, -0.2) is 28.1 Å². The first-order valence-electron chi connectivity index (χ1n) is 7.61. The normalized spacial score (nSPS) is 12.6. The average molecular weight is 446 g/mol. The Morgan fingerprint density at radius 1 is 1.15 bits per heavy atom. The zero-order chi connectivity index (χ0) is 19.0. The fraction of sp³-hybridized carbons (Fsp3) is 0.235. The predicted molar refractivity (Wildman–Crippen MR) is 98.2 cm³/mol. The Kier molecular flexibility index (Phi) is 5.34. The van der Waals surface area contributed by atoms with Crippen LogP contribution in [0.15, 0.2) is 28.9 Å². The fourth-order valence-electron chi connectivity index (χ4n) is 2.64. The summed E-state index contributed by atoms with van der Waals surface area (Å²) in [6, 6.07) is 4.90. The number of hydrogen-bond acceptors (Lipinski definition) is 4. The molecule has 3 rings (SSSR count). The van der Waals surface area contributed by atoms with E-state index in [1.807, 2.05) is 0 Å². The van der Waals surface area contributed by atoms with E-state index in [2.05, 4.69) is 36.2 Å². The molecule has 4 nitrogen and oxygen atoms in total. The SMILES string of the molecule is Cc1nc(N[C@H](C)c2cccc(C(F)F)c2F)c2cc(Cl)nc(Br)c2n1. The van der Waals surface area contributed by atoms with Gasteiger partial charge in [-0.1, -0.05) is 29.8 Å². The zero-order valence-electron chi connectivity index (χ0n) is 13.7. The van der Waals surface area contributed by atoms with Gasteiger partial charge in [0.1, 0.15) is 32.7 Å². The van der Waals surface area contributed by atoms with Crippen LogP contribution in [0.1, 0.15) is 36.3 Å². The molecule has 0 amide bonds. The van der Waals surface area contributed by atoms with Crippen molar-refractivity contribution >= 4 is 44.3 Å². The number of fused-ring (bicyclic) bond motifs is 1. The molecule has 0 aliphatic rings. The fourth-order valence-corrected chi connectivity index (χ4v) is 3.43. The molecule has 0 aliphatic carbocycles. The molecule has 26 heavy (non-hydrogen) atoms. The number of anilines is 1. The van der Waals surface area contributed by atoms with Crippen molar-refractivity contribution in [2.24, 2.45) is 0 Å². The number of alkyl halides is 2. The number of aryl methyl sites for hydroxylation is 1. The molecule has 1 aromatic carbocycles. The highest BCUT2D eigenvalue weighted by molar-refractivity contribution is 9.10. The van der Waals surface area contributed by atoms with Crippen molar-refractivity contribution in [3.05, 3.63) is 56.8 Å². The molecule has 1 atom stereocenters. The monoisotopic (exact) mass is 444 g/mol. The third kappa shape index (κ3) is 3.61. The number of hydrogen-bond donors (Lipinski definition) is 1. The Morgan fingerprint density at radius 3 is 2.54 bits per heavy atom. The van der Waals surface area contributed by atoms with E-state index in [1.54, 1.807) is 19.9 Å². The number of benzene rings is 1. The highest BCUT2D eigenvalue weighted by atomic mass is 79.9. The van der Waals surface area contributed by atoms with Gasteiger partial charge in [-0.05, 0) is 35.8 Å². The number of rotatable bonds is 4. The molecule has 0 saturated carbocycles. The van der Waals surface area contributed by atoms with Crippen molar-refractivity contribution < 1.29 is 13.2 Å². The maximum Gasteiger partial charge on any atom is 0.266 e. The summed E-state index contributed by atoms with van der Waals surface area (Å²) in [5, 5.41) is 3.88. The molecule has 3 aromatic rings. The highest BCUT2D eigenvalue weighted by Crippen LogP contribution is 2.32. The van der Waals surface area contributed by atoms with Gasteiger partial charge in [0, 0.05) is 10.9 Å².